The van der Waals surface area contributed by atoms with Gasteiger partial charge in [-0.3, -0.25) is 14.5 Å². The summed E-state index contributed by atoms with van der Waals surface area (Å²) in [4.78, 5) is 24.2. The van der Waals surface area contributed by atoms with E-state index in [1.54, 1.807) is 24.3 Å². The molecule has 0 saturated carbocycles. The van der Waals surface area contributed by atoms with Gasteiger partial charge >= 0.3 is 12.1 Å². The molecular weight excluding hydrogens is 377 g/mol. The molecule has 0 radical (unpaired) electrons. The number of halogens is 4. The maximum Gasteiger partial charge on any atom is 0.393 e. The van der Waals surface area contributed by atoms with Gasteiger partial charge in [-0.25, -0.2) is 0 Å². The lowest BCUT2D eigenvalue weighted by Gasteiger charge is -2.18. The Morgan fingerprint density at radius 1 is 1.31 bits per heavy atom. The van der Waals surface area contributed by atoms with Crippen LogP contribution < -0.4 is 10.1 Å². The summed E-state index contributed by atoms with van der Waals surface area (Å²) in [5.41, 5.74) is 0.733. The maximum absolute atomic E-state index is 12.9. The zero-order chi connectivity index (χ0) is 18.6. The van der Waals surface area contributed by atoms with E-state index >= 15 is 0 Å². The summed E-state index contributed by atoms with van der Waals surface area (Å²) in [7, 11) is 1.49. The van der Waals surface area contributed by atoms with Gasteiger partial charge in [-0.05, 0) is 6.07 Å². The van der Waals surface area contributed by atoms with Gasteiger partial charge in [0.2, 0.25) is 5.91 Å². The summed E-state index contributed by atoms with van der Waals surface area (Å²) < 4.78 is 43.9. The van der Waals surface area contributed by atoms with E-state index in [9.17, 15) is 22.8 Å². The molecule has 26 heavy (non-hydrogen) atoms. The monoisotopic (exact) mass is 396 g/mol. The first-order valence-electron chi connectivity index (χ1n) is 7.63. The number of para-hydroxylation sites is 1. The highest BCUT2D eigenvalue weighted by molar-refractivity contribution is 5.85. The summed E-state index contributed by atoms with van der Waals surface area (Å²) in [5, 5.41) is 11.6. The van der Waals surface area contributed by atoms with E-state index in [1.807, 2.05) is 0 Å². The number of carbonyl (C=O) groups excluding carboxylic acids is 1. The van der Waals surface area contributed by atoms with Crippen molar-refractivity contribution < 1.29 is 32.6 Å². The van der Waals surface area contributed by atoms with Crippen LogP contribution in [-0.4, -0.2) is 54.8 Å². The third-order valence-electron chi connectivity index (χ3n) is 4.17. The molecule has 1 aromatic carbocycles. The van der Waals surface area contributed by atoms with Crippen LogP contribution in [0.2, 0.25) is 0 Å². The average Bonchev–Trinajstić information content (AvgIpc) is 2.97. The largest absolute Gasteiger partial charge is 0.496 e. The summed E-state index contributed by atoms with van der Waals surface area (Å²) >= 11 is 0. The number of carboxylic acids is 1. The van der Waals surface area contributed by atoms with Gasteiger partial charge in [0, 0.05) is 25.2 Å². The minimum atomic E-state index is -4.61. The van der Waals surface area contributed by atoms with Crippen LogP contribution in [0.4, 0.5) is 13.2 Å². The third kappa shape index (κ3) is 5.50. The quantitative estimate of drug-likeness (QED) is 0.768. The van der Waals surface area contributed by atoms with Crippen molar-refractivity contribution in [3.8, 4) is 5.75 Å². The van der Waals surface area contributed by atoms with Gasteiger partial charge in [0.05, 0.1) is 25.5 Å². The molecule has 146 valence electrons. The van der Waals surface area contributed by atoms with Crippen molar-refractivity contribution in [1.82, 2.24) is 10.2 Å². The van der Waals surface area contributed by atoms with Gasteiger partial charge in [0.15, 0.2) is 0 Å². The van der Waals surface area contributed by atoms with Gasteiger partial charge in [-0.15, -0.1) is 12.4 Å². The first-order chi connectivity index (χ1) is 11.7. The molecule has 2 atom stereocenters. The van der Waals surface area contributed by atoms with Gasteiger partial charge in [-0.2, -0.15) is 13.2 Å². The second-order valence-electron chi connectivity index (χ2n) is 5.88. The summed E-state index contributed by atoms with van der Waals surface area (Å²) in [6.45, 7) is -0.919. The molecule has 1 fully saturated rings. The third-order valence-corrected chi connectivity index (χ3v) is 4.17. The van der Waals surface area contributed by atoms with Crippen molar-refractivity contribution in [2.24, 2.45) is 11.8 Å². The molecule has 1 aromatic rings. The lowest BCUT2D eigenvalue weighted by molar-refractivity contribution is -0.188. The van der Waals surface area contributed by atoms with Gasteiger partial charge in [0.25, 0.3) is 0 Å². The smallest absolute Gasteiger partial charge is 0.393 e. The molecule has 10 heteroatoms. The molecule has 0 aromatic heterocycles. The second kappa shape index (κ2) is 9.09. The van der Waals surface area contributed by atoms with Gasteiger partial charge in [-0.1, -0.05) is 18.2 Å². The van der Waals surface area contributed by atoms with E-state index in [0.29, 0.717) is 5.75 Å². The number of rotatable bonds is 6. The highest BCUT2D eigenvalue weighted by Gasteiger charge is 2.52. The minimum Gasteiger partial charge on any atom is -0.496 e. The predicted molar refractivity (Wildman–Crippen MR) is 89.2 cm³/mol. The fourth-order valence-electron chi connectivity index (χ4n) is 2.90. The number of alkyl halides is 3. The van der Waals surface area contributed by atoms with Gasteiger partial charge in [0.1, 0.15) is 5.75 Å². The zero-order valence-electron chi connectivity index (χ0n) is 14.0. The molecule has 0 aliphatic carbocycles. The van der Waals surface area contributed by atoms with E-state index in [4.69, 9.17) is 9.84 Å². The summed E-state index contributed by atoms with van der Waals surface area (Å²) in [6.07, 6.45) is -4.61. The van der Waals surface area contributed by atoms with E-state index in [2.05, 4.69) is 5.32 Å². The Kier molecular flexibility index (Phi) is 7.70. The predicted octanol–water partition coefficient (Wildman–Crippen LogP) is 1.93. The molecule has 2 rings (SSSR count). The molecule has 2 N–H and O–H groups in total. The molecule has 0 unspecified atom stereocenters. The van der Waals surface area contributed by atoms with Crippen LogP contribution >= 0.6 is 12.4 Å². The summed E-state index contributed by atoms with van der Waals surface area (Å²) in [6, 6.07) is 7.04. The maximum atomic E-state index is 12.9. The van der Waals surface area contributed by atoms with E-state index in [1.165, 1.54) is 12.0 Å². The zero-order valence-corrected chi connectivity index (χ0v) is 14.8. The number of benzene rings is 1. The highest BCUT2D eigenvalue weighted by Crippen LogP contribution is 2.37. The van der Waals surface area contributed by atoms with Crippen molar-refractivity contribution in [2.75, 3.05) is 26.7 Å². The van der Waals surface area contributed by atoms with Crippen LogP contribution in [0.3, 0.4) is 0 Å². The Morgan fingerprint density at radius 3 is 2.50 bits per heavy atom. The number of carboxylic acid groups (broad SMARTS) is 1. The van der Waals surface area contributed by atoms with Crippen molar-refractivity contribution in [2.45, 2.75) is 12.7 Å². The van der Waals surface area contributed by atoms with Crippen LogP contribution in [0, 0.1) is 11.8 Å². The van der Waals surface area contributed by atoms with Crippen molar-refractivity contribution >= 4 is 24.3 Å². The number of hydrogen-bond acceptors (Lipinski definition) is 4. The number of amides is 1. The number of hydrogen-bond donors (Lipinski definition) is 2. The molecule has 0 spiro atoms. The van der Waals surface area contributed by atoms with Crippen LogP contribution in [0.1, 0.15) is 5.56 Å². The van der Waals surface area contributed by atoms with E-state index in [0.717, 1.165) is 5.56 Å². The summed E-state index contributed by atoms with van der Waals surface area (Å²) in [5.74, 6) is -4.90. The van der Waals surface area contributed by atoms with Gasteiger partial charge < -0.3 is 15.2 Å². The van der Waals surface area contributed by atoms with Crippen LogP contribution in [0.15, 0.2) is 24.3 Å². The number of nitrogens with zero attached hydrogens (tertiary/aromatic N) is 1. The molecule has 1 aliphatic rings. The highest BCUT2D eigenvalue weighted by atomic mass is 35.5. The molecule has 0 bridgehead atoms. The molecular formula is C16H20ClF3N2O4. The number of nitrogens with one attached hydrogen (secondary N) is 1. The van der Waals surface area contributed by atoms with Crippen molar-refractivity contribution in [3.05, 3.63) is 29.8 Å². The SMILES string of the molecule is COc1ccccc1CNC(=O)CN1C[C@@H](C(F)(F)F)[C@H](C(=O)O)C1.Cl. The molecule has 1 saturated heterocycles. The molecule has 6 nitrogen and oxygen atoms in total. The van der Waals surface area contributed by atoms with E-state index in [-0.39, 0.29) is 32.0 Å². The van der Waals surface area contributed by atoms with Crippen molar-refractivity contribution in [1.29, 1.82) is 0 Å². The first-order valence-corrected chi connectivity index (χ1v) is 7.63. The standard InChI is InChI=1S/C16H19F3N2O4.ClH/c1-25-13-5-3-2-4-10(13)6-20-14(22)9-21-7-11(15(23)24)12(8-21)16(17,18)19;/h2-5,11-12H,6-9H2,1H3,(H,20,22)(H,23,24);1H/t11-,12-;/m1./s1. The Labute approximate surface area is 154 Å². The number of aliphatic carboxylic acids is 1. The van der Waals surface area contributed by atoms with E-state index < -0.39 is 36.4 Å². The number of ether oxygens (including phenoxy) is 1. The van der Waals surface area contributed by atoms with Crippen LogP contribution in [-0.2, 0) is 16.1 Å². The lowest BCUT2D eigenvalue weighted by atomic mass is 9.96. The number of methoxy groups -OCH3 is 1. The fourth-order valence-corrected chi connectivity index (χ4v) is 2.90. The number of likely N-dealkylation sites (tertiary alicyclic amines) is 1. The molecule has 1 amide bonds. The van der Waals surface area contributed by atoms with Crippen LogP contribution in [0.5, 0.6) is 5.75 Å². The topological polar surface area (TPSA) is 78.9 Å². The van der Waals surface area contributed by atoms with Crippen molar-refractivity contribution in [3.63, 3.8) is 0 Å². The Hall–Kier alpha value is -2.00. The van der Waals surface area contributed by atoms with Crippen LogP contribution in [0.25, 0.3) is 0 Å². The second-order valence-corrected chi connectivity index (χ2v) is 5.88. The number of carbonyl (C=O) groups is 2. The fraction of sp³-hybridized carbons (Fsp3) is 0.500. The molecule has 1 heterocycles. The normalized spacial score (nSPS) is 20.3. The first kappa shape index (κ1) is 22.0. The minimum absolute atomic E-state index is 0. The Balaban J connectivity index is 0.00000338. The average molecular weight is 397 g/mol. The lowest BCUT2D eigenvalue weighted by Crippen LogP contribution is -2.36. The Bertz CT molecular complexity index is 642. The molecule has 1 aliphatic heterocycles. The Morgan fingerprint density at radius 2 is 1.96 bits per heavy atom.